The van der Waals surface area contributed by atoms with E-state index in [1.165, 1.54) is 0 Å². The van der Waals surface area contributed by atoms with Crippen LogP contribution in [0.4, 0.5) is 0 Å². The Bertz CT molecular complexity index is 325. The Hall–Kier alpha value is -1.00. The summed E-state index contributed by atoms with van der Waals surface area (Å²) in [5.41, 5.74) is 0.340. The van der Waals surface area contributed by atoms with Gasteiger partial charge < -0.3 is 9.84 Å². The Morgan fingerprint density at radius 1 is 1.53 bits per heavy atom. The van der Waals surface area contributed by atoms with Crippen LogP contribution in [-0.4, -0.2) is 30.5 Å². The van der Waals surface area contributed by atoms with E-state index in [4.69, 9.17) is 9.84 Å². The average Bonchev–Trinajstić information content (AvgIpc) is 2.25. The van der Waals surface area contributed by atoms with Gasteiger partial charge in [-0.15, -0.1) is 11.8 Å². The molecular formula is C11H14O3S. The van der Waals surface area contributed by atoms with Crippen molar-refractivity contribution in [2.75, 3.05) is 19.5 Å². The highest BCUT2D eigenvalue weighted by Crippen LogP contribution is 2.19. The lowest BCUT2D eigenvalue weighted by molar-refractivity contribution is 0.0696. The molecule has 0 spiro atoms. The van der Waals surface area contributed by atoms with Crippen LogP contribution in [0, 0.1) is 0 Å². The predicted molar refractivity (Wildman–Crippen MR) is 60.6 cm³/mol. The zero-order chi connectivity index (χ0) is 11.1. The molecule has 0 unspecified atom stereocenters. The molecule has 0 saturated carbocycles. The van der Waals surface area contributed by atoms with Gasteiger partial charge in [0.05, 0.1) is 5.56 Å². The SMILES string of the molecule is COCCCSc1cccc(C(=O)O)c1. The van der Waals surface area contributed by atoms with Crippen LogP contribution in [-0.2, 0) is 4.74 Å². The Morgan fingerprint density at radius 2 is 2.33 bits per heavy atom. The zero-order valence-corrected chi connectivity index (χ0v) is 9.42. The van der Waals surface area contributed by atoms with Crippen molar-refractivity contribution in [3.8, 4) is 0 Å². The lowest BCUT2D eigenvalue weighted by Gasteiger charge is -2.02. The van der Waals surface area contributed by atoms with E-state index in [1.807, 2.05) is 6.07 Å². The lowest BCUT2D eigenvalue weighted by Crippen LogP contribution is -1.95. The molecular weight excluding hydrogens is 212 g/mol. The third kappa shape index (κ3) is 4.36. The largest absolute Gasteiger partial charge is 0.478 e. The van der Waals surface area contributed by atoms with Crippen LogP contribution >= 0.6 is 11.8 Å². The molecule has 1 aromatic carbocycles. The highest BCUT2D eigenvalue weighted by Gasteiger charge is 2.02. The Balaban J connectivity index is 2.47. The molecule has 4 heteroatoms. The number of benzene rings is 1. The van der Waals surface area contributed by atoms with Gasteiger partial charge in [-0.1, -0.05) is 6.07 Å². The fourth-order valence-corrected chi connectivity index (χ4v) is 2.00. The summed E-state index contributed by atoms with van der Waals surface area (Å²) in [6, 6.07) is 6.98. The van der Waals surface area contributed by atoms with Crippen LogP contribution in [0.2, 0.25) is 0 Å². The molecule has 0 radical (unpaired) electrons. The molecule has 1 aromatic rings. The Kier molecular flexibility index (Phi) is 5.21. The van der Waals surface area contributed by atoms with Crippen LogP contribution < -0.4 is 0 Å². The number of hydrogen-bond acceptors (Lipinski definition) is 3. The monoisotopic (exact) mass is 226 g/mol. The molecule has 0 aliphatic carbocycles. The van der Waals surface area contributed by atoms with Gasteiger partial charge in [-0.05, 0) is 24.6 Å². The van der Waals surface area contributed by atoms with Crippen molar-refractivity contribution in [3.63, 3.8) is 0 Å². The maximum absolute atomic E-state index is 10.7. The van der Waals surface area contributed by atoms with E-state index in [2.05, 4.69) is 0 Å². The van der Waals surface area contributed by atoms with Crippen molar-refractivity contribution in [2.45, 2.75) is 11.3 Å². The third-order valence-electron chi connectivity index (χ3n) is 1.84. The van der Waals surface area contributed by atoms with E-state index in [1.54, 1.807) is 37.1 Å². The predicted octanol–water partition coefficient (Wildman–Crippen LogP) is 2.51. The molecule has 0 saturated heterocycles. The first-order valence-electron chi connectivity index (χ1n) is 4.69. The molecule has 0 bridgehead atoms. The summed E-state index contributed by atoms with van der Waals surface area (Å²) in [5, 5.41) is 8.79. The molecule has 3 nitrogen and oxygen atoms in total. The van der Waals surface area contributed by atoms with E-state index in [0.717, 1.165) is 23.7 Å². The van der Waals surface area contributed by atoms with Crippen LogP contribution in [0.15, 0.2) is 29.2 Å². The van der Waals surface area contributed by atoms with Crippen molar-refractivity contribution in [2.24, 2.45) is 0 Å². The summed E-state index contributed by atoms with van der Waals surface area (Å²) in [5.74, 6) is 0.0611. The number of aromatic carboxylic acids is 1. The summed E-state index contributed by atoms with van der Waals surface area (Å²) < 4.78 is 4.93. The van der Waals surface area contributed by atoms with Crippen molar-refractivity contribution >= 4 is 17.7 Å². The minimum absolute atomic E-state index is 0.340. The van der Waals surface area contributed by atoms with Gasteiger partial charge in [-0.2, -0.15) is 0 Å². The fraction of sp³-hybridized carbons (Fsp3) is 0.364. The molecule has 0 heterocycles. The first-order valence-corrected chi connectivity index (χ1v) is 5.67. The molecule has 1 N–H and O–H groups in total. The summed E-state index contributed by atoms with van der Waals surface area (Å²) in [6.45, 7) is 0.742. The first-order chi connectivity index (χ1) is 7.24. The smallest absolute Gasteiger partial charge is 0.335 e. The van der Waals surface area contributed by atoms with Gasteiger partial charge in [0.25, 0.3) is 0 Å². The zero-order valence-electron chi connectivity index (χ0n) is 8.60. The highest BCUT2D eigenvalue weighted by molar-refractivity contribution is 7.99. The first kappa shape index (κ1) is 12.1. The molecule has 0 atom stereocenters. The molecule has 0 aromatic heterocycles. The summed E-state index contributed by atoms with van der Waals surface area (Å²) in [7, 11) is 1.68. The minimum atomic E-state index is -0.880. The molecule has 0 aliphatic rings. The van der Waals surface area contributed by atoms with Crippen LogP contribution in [0.5, 0.6) is 0 Å². The van der Waals surface area contributed by atoms with Gasteiger partial charge in [0.15, 0.2) is 0 Å². The van der Waals surface area contributed by atoms with Gasteiger partial charge in [0.2, 0.25) is 0 Å². The van der Waals surface area contributed by atoms with Crippen molar-refractivity contribution in [1.29, 1.82) is 0 Å². The van der Waals surface area contributed by atoms with Crippen LogP contribution in [0.1, 0.15) is 16.8 Å². The van der Waals surface area contributed by atoms with E-state index < -0.39 is 5.97 Å². The van der Waals surface area contributed by atoms with Gasteiger partial charge in [0, 0.05) is 24.4 Å². The fourth-order valence-electron chi connectivity index (χ4n) is 1.11. The van der Waals surface area contributed by atoms with Gasteiger partial charge in [-0.3, -0.25) is 0 Å². The Morgan fingerprint density at radius 3 is 3.00 bits per heavy atom. The molecule has 0 aliphatic heterocycles. The minimum Gasteiger partial charge on any atom is -0.478 e. The third-order valence-corrected chi connectivity index (χ3v) is 2.92. The second-order valence-corrected chi connectivity index (χ2v) is 4.20. The maximum atomic E-state index is 10.7. The molecule has 82 valence electrons. The van der Waals surface area contributed by atoms with E-state index in [0.29, 0.717) is 5.56 Å². The second-order valence-electron chi connectivity index (χ2n) is 3.03. The standard InChI is InChI=1S/C11H14O3S/c1-14-6-3-7-15-10-5-2-4-9(8-10)11(12)13/h2,4-5,8H,3,6-7H2,1H3,(H,12,13). The number of ether oxygens (including phenoxy) is 1. The molecule has 0 amide bonds. The van der Waals surface area contributed by atoms with Crippen molar-refractivity contribution in [1.82, 2.24) is 0 Å². The topological polar surface area (TPSA) is 46.5 Å². The van der Waals surface area contributed by atoms with E-state index in [-0.39, 0.29) is 0 Å². The number of carboxylic acids is 1. The Labute approximate surface area is 93.4 Å². The van der Waals surface area contributed by atoms with Gasteiger partial charge in [-0.25, -0.2) is 4.79 Å². The maximum Gasteiger partial charge on any atom is 0.335 e. The van der Waals surface area contributed by atoms with Crippen LogP contribution in [0.3, 0.4) is 0 Å². The lowest BCUT2D eigenvalue weighted by atomic mass is 10.2. The number of methoxy groups -OCH3 is 1. The van der Waals surface area contributed by atoms with Crippen LogP contribution in [0.25, 0.3) is 0 Å². The molecule has 15 heavy (non-hydrogen) atoms. The summed E-state index contributed by atoms with van der Waals surface area (Å²) in [6.07, 6.45) is 0.971. The molecule has 1 rings (SSSR count). The summed E-state index contributed by atoms with van der Waals surface area (Å²) in [4.78, 5) is 11.7. The number of thioether (sulfide) groups is 1. The average molecular weight is 226 g/mol. The van der Waals surface area contributed by atoms with Gasteiger partial charge >= 0.3 is 5.97 Å². The quantitative estimate of drug-likeness (QED) is 0.598. The normalized spacial score (nSPS) is 10.2. The number of rotatable bonds is 6. The van der Waals surface area contributed by atoms with Crippen molar-refractivity contribution in [3.05, 3.63) is 29.8 Å². The van der Waals surface area contributed by atoms with Gasteiger partial charge in [0.1, 0.15) is 0 Å². The second kappa shape index (κ2) is 6.48. The van der Waals surface area contributed by atoms with E-state index >= 15 is 0 Å². The molecule has 0 fully saturated rings. The number of carbonyl (C=O) groups is 1. The highest BCUT2D eigenvalue weighted by atomic mass is 32.2. The van der Waals surface area contributed by atoms with E-state index in [9.17, 15) is 4.79 Å². The summed E-state index contributed by atoms with van der Waals surface area (Å²) >= 11 is 1.65. The number of hydrogen-bond donors (Lipinski definition) is 1. The number of carboxylic acid groups (broad SMARTS) is 1. The van der Waals surface area contributed by atoms with Crippen molar-refractivity contribution < 1.29 is 14.6 Å².